The molecule has 0 fully saturated rings. The average molecular weight is 305 g/mol. The van der Waals surface area contributed by atoms with Crippen LogP contribution in [0.15, 0.2) is 17.5 Å². The van der Waals surface area contributed by atoms with Gasteiger partial charge in [-0.15, -0.1) is 11.3 Å². The first-order valence-electron chi connectivity index (χ1n) is 7.51. The van der Waals surface area contributed by atoms with Gasteiger partial charge < -0.3 is 10.1 Å². The largest absolute Gasteiger partial charge is 0.477 e. The Kier molecular flexibility index (Phi) is 5.99. The highest BCUT2D eigenvalue weighted by Crippen LogP contribution is 2.22. The van der Waals surface area contributed by atoms with Crippen LogP contribution in [-0.4, -0.2) is 23.1 Å². The summed E-state index contributed by atoms with van der Waals surface area (Å²) >= 11 is 1.76. The van der Waals surface area contributed by atoms with Gasteiger partial charge in [-0.25, -0.2) is 4.98 Å². The van der Waals surface area contributed by atoms with Gasteiger partial charge in [-0.2, -0.15) is 4.98 Å². The molecule has 0 spiro atoms. The predicted molar refractivity (Wildman–Crippen MR) is 88.4 cm³/mol. The van der Waals surface area contributed by atoms with E-state index in [9.17, 15) is 0 Å². The Bertz CT molecular complexity index is 555. The Morgan fingerprint density at radius 1 is 1.29 bits per heavy atom. The SMILES string of the molecule is CCCNc1nc(CC)nc(OCCc2cccs2)c1C. The minimum atomic E-state index is 0.648. The molecule has 2 aromatic heterocycles. The van der Waals surface area contributed by atoms with Gasteiger partial charge in [0.15, 0.2) is 0 Å². The number of nitrogens with zero attached hydrogens (tertiary/aromatic N) is 2. The van der Waals surface area contributed by atoms with Crippen molar-refractivity contribution in [2.75, 3.05) is 18.5 Å². The van der Waals surface area contributed by atoms with Crippen molar-refractivity contribution in [2.24, 2.45) is 0 Å². The maximum absolute atomic E-state index is 5.89. The van der Waals surface area contributed by atoms with Crippen LogP contribution in [0.25, 0.3) is 0 Å². The Morgan fingerprint density at radius 3 is 2.81 bits per heavy atom. The molecule has 0 amide bonds. The van der Waals surface area contributed by atoms with Gasteiger partial charge in [-0.1, -0.05) is 19.9 Å². The van der Waals surface area contributed by atoms with Gasteiger partial charge >= 0.3 is 0 Å². The van der Waals surface area contributed by atoms with E-state index >= 15 is 0 Å². The second-order valence-corrected chi connectivity index (χ2v) is 5.91. The summed E-state index contributed by atoms with van der Waals surface area (Å²) in [7, 11) is 0. The lowest BCUT2D eigenvalue weighted by atomic mass is 10.3. The van der Waals surface area contributed by atoms with Crippen molar-refractivity contribution in [2.45, 2.75) is 40.0 Å². The van der Waals surface area contributed by atoms with Crippen LogP contribution in [-0.2, 0) is 12.8 Å². The molecule has 2 rings (SSSR count). The Hall–Kier alpha value is -1.62. The van der Waals surface area contributed by atoms with Crippen molar-refractivity contribution >= 4 is 17.2 Å². The van der Waals surface area contributed by atoms with Crippen molar-refractivity contribution in [1.82, 2.24) is 9.97 Å². The summed E-state index contributed by atoms with van der Waals surface area (Å²) in [5.74, 6) is 2.43. The topological polar surface area (TPSA) is 47.0 Å². The van der Waals surface area contributed by atoms with E-state index in [1.54, 1.807) is 11.3 Å². The molecule has 0 aliphatic rings. The van der Waals surface area contributed by atoms with E-state index in [4.69, 9.17) is 4.74 Å². The molecule has 0 aliphatic heterocycles. The van der Waals surface area contributed by atoms with Gasteiger partial charge in [0, 0.05) is 24.3 Å². The number of anilines is 1. The second kappa shape index (κ2) is 7.98. The molecule has 0 atom stereocenters. The highest BCUT2D eigenvalue weighted by molar-refractivity contribution is 7.09. The molecule has 4 nitrogen and oxygen atoms in total. The number of thiophene rings is 1. The fraction of sp³-hybridized carbons (Fsp3) is 0.500. The van der Waals surface area contributed by atoms with Gasteiger partial charge in [0.25, 0.3) is 0 Å². The van der Waals surface area contributed by atoms with Gasteiger partial charge in [0.05, 0.1) is 12.2 Å². The maximum Gasteiger partial charge on any atom is 0.221 e. The molecule has 114 valence electrons. The van der Waals surface area contributed by atoms with Crippen molar-refractivity contribution in [1.29, 1.82) is 0 Å². The van der Waals surface area contributed by atoms with E-state index in [0.717, 1.165) is 43.0 Å². The fourth-order valence-electron chi connectivity index (χ4n) is 1.96. The van der Waals surface area contributed by atoms with E-state index in [0.29, 0.717) is 12.5 Å². The number of ether oxygens (including phenoxy) is 1. The Labute approximate surface area is 130 Å². The molecule has 0 radical (unpaired) electrons. The first-order valence-corrected chi connectivity index (χ1v) is 8.39. The molecule has 0 aliphatic carbocycles. The normalized spacial score (nSPS) is 10.6. The van der Waals surface area contributed by atoms with Crippen molar-refractivity contribution < 1.29 is 4.74 Å². The third kappa shape index (κ3) is 4.43. The van der Waals surface area contributed by atoms with E-state index in [1.165, 1.54) is 4.88 Å². The van der Waals surface area contributed by atoms with Gasteiger partial charge in [0.1, 0.15) is 11.6 Å². The molecular weight excluding hydrogens is 282 g/mol. The number of rotatable bonds is 8. The minimum absolute atomic E-state index is 0.648. The molecule has 2 aromatic rings. The molecule has 0 aromatic carbocycles. The summed E-state index contributed by atoms with van der Waals surface area (Å²) in [6.45, 7) is 7.77. The number of hydrogen-bond acceptors (Lipinski definition) is 5. The molecule has 0 unspecified atom stereocenters. The van der Waals surface area contributed by atoms with Gasteiger partial charge in [0.2, 0.25) is 5.88 Å². The lowest BCUT2D eigenvalue weighted by Gasteiger charge is -2.13. The number of aromatic nitrogens is 2. The third-order valence-corrected chi connectivity index (χ3v) is 4.11. The average Bonchev–Trinajstić information content (AvgIpc) is 3.01. The second-order valence-electron chi connectivity index (χ2n) is 4.88. The highest BCUT2D eigenvalue weighted by atomic mass is 32.1. The fourth-order valence-corrected chi connectivity index (χ4v) is 2.65. The van der Waals surface area contributed by atoms with Crippen LogP contribution in [0.1, 0.15) is 36.5 Å². The van der Waals surface area contributed by atoms with Crippen molar-refractivity contribution in [3.05, 3.63) is 33.8 Å². The molecule has 0 bridgehead atoms. The Morgan fingerprint density at radius 2 is 2.14 bits per heavy atom. The summed E-state index contributed by atoms with van der Waals surface area (Å²) in [6, 6.07) is 4.20. The van der Waals surface area contributed by atoms with Crippen LogP contribution in [0.2, 0.25) is 0 Å². The van der Waals surface area contributed by atoms with Crippen LogP contribution >= 0.6 is 11.3 Å². The summed E-state index contributed by atoms with van der Waals surface area (Å²) in [5, 5.41) is 5.44. The zero-order valence-corrected chi connectivity index (χ0v) is 13.8. The first kappa shape index (κ1) is 15.8. The third-order valence-electron chi connectivity index (χ3n) is 3.17. The van der Waals surface area contributed by atoms with Crippen LogP contribution < -0.4 is 10.1 Å². The molecule has 5 heteroatoms. The van der Waals surface area contributed by atoms with E-state index < -0.39 is 0 Å². The summed E-state index contributed by atoms with van der Waals surface area (Å²) < 4.78 is 5.89. The Balaban J connectivity index is 2.05. The molecule has 2 heterocycles. The van der Waals surface area contributed by atoms with Crippen LogP contribution in [0.5, 0.6) is 5.88 Å². The van der Waals surface area contributed by atoms with Crippen LogP contribution in [0, 0.1) is 6.92 Å². The number of nitrogens with one attached hydrogen (secondary N) is 1. The lowest BCUT2D eigenvalue weighted by molar-refractivity contribution is 0.306. The standard InChI is InChI=1S/C16H23N3OS/c1-4-9-17-15-12(3)16(19-14(5-2)18-15)20-10-8-13-7-6-11-21-13/h6-7,11H,4-5,8-10H2,1-3H3,(H,17,18,19). The molecular formula is C16H23N3OS. The van der Waals surface area contributed by atoms with Crippen molar-refractivity contribution in [3.8, 4) is 5.88 Å². The quantitative estimate of drug-likeness (QED) is 0.804. The summed E-state index contributed by atoms with van der Waals surface area (Å²) in [5.41, 5.74) is 0.992. The number of hydrogen-bond donors (Lipinski definition) is 1. The van der Waals surface area contributed by atoms with E-state index in [1.807, 2.05) is 6.92 Å². The van der Waals surface area contributed by atoms with Gasteiger partial charge in [-0.05, 0) is 24.8 Å². The van der Waals surface area contributed by atoms with Crippen LogP contribution in [0.3, 0.4) is 0 Å². The molecule has 0 saturated heterocycles. The predicted octanol–water partition coefficient (Wildman–Crippen LogP) is 3.85. The zero-order chi connectivity index (χ0) is 15.1. The number of aryl methyl sites for hydroxylation is 1. The highest BCUT2D eigenvalue weighted by Gasteiger charge is 2.11. The maximum atomic E-state index is 5.89. The lowest BCUT2D eigenvalue weighted by Crippen LogP contribution is -2.11. The summed E-state index contributed by atoms with van der Waals surface area (Å²) in [4.78, 5) is 10.4. The first-order chi connectivity index (χ1) is 10.2. The van der Waals surface area contributed by atoms with E-state index in [2.05, 4.69) is 46.6 Å². The van der Waals surface area contributed by atoms with Gasteiger partial charge in [-0.3, -0.25) is 0 Å². The molecule has 0 saturated carbocycles. The summed E-state index contributed by atoms with van der Waals surface area (Å²) in [6.07, 6.45) is 2.79. The van der Waals surface area contributed by atoms with Crippen LogP contribution in [0.4, 0.5) is 5.82 Å². The molecule has 1 N–H and O–H groups in total. The smallest absolute Gasteiger partial charge is 0.221 e. The van der Waals surface area contributed by atoms with E-state index in [-0.39, 0.29) is 0 Å². The monoisotopic (exact) mass is 305 g/mol. The molecule has 21 heavy (non-hydrogen) atoms. The van der Waals surface area contributed by atoms with Crippen molar-refractivity contribution in [3.63, 3.8) is 0 Å². The zero-order valence-electron chi connectivity index (χ0n) is 13.0. The minimum Gasteiger partial charge on any atom is -0.477 e.